The van der Waals surface area contributed by atoms with Crippen LogP contribution in [-0.4, -0.2) is 51.0 Å². The first-order chi connectivity index (χ1) is 21.5. The highest BCUT2D eigenvalue weighted by Gasteiger charge is 2.32. The Morgan fingerprint density at radius 3 is 2.49 bits per heavy atom. The molecule has 3 aromatic heterocycles. The maximum absolute atomic E-state index is 13.5. The van der Waals surface area contributed by atoms with Crippen molar-refractivity contribution in [2.45, 2.75) is 57.4 Å². The van der Waals surface area contributed by atoms with Gasteiger partial charge in [0.05, 0.1) is 27.7 Å². The number of fused-ring (bicyclic) bond motifs is 1. The SMILES string of the molecule is Cc1ccc(-n2nc(C(C)(C)C)cc2NC(=O)Nc2ccccc2CC2CCN(S(=O)(=O)c3nccc4sncc34)CC2)cc1. The van der Waals surface area contributed by atoms with Crippen molar-refractivity contribution in [3.8, 4) is 5.69 Å². The quantitative estimate of drug-likeness (QED) is 0.202. The molecule has 0 bridgehead atoms. The van der Waals surface area contributed by atoms with Crippen LogP contribution in [-0.2, 0) is 21.9 Å². The zero-order valence-electron chi connectivity index (χ0n) is 25.8. The fraction of sp³-hybridized carbons (Fsp3) is 0.333. The lowest BCUT2D eigenvalue weighted by Crippen LogP contribution is -2.39. The maximum atomic E-state index is 13.5. The molecule has 0 saturated carbocycles. The van der Waals surface area contributed by atoms with E-state index in [1.807, 2.05) is 61.5 Å². The molecule has 10 nitrogen and oxygen atoms in total. The Bertz CT molecular complexity index is 1930. The van der Waals surface area contributed by atoms with Crippen LogP contribution in [0.2, 0.25) is 0 Å². The molecular weight excluding hydrogens is 607 g/mol. The van der Waals surface area contributed by atoms with Crippen molar-refractivity contribution in [1.82, 2.24) is 23.4 Å². The zero-order valence-corrected chi connectivity index (χ0v) is 27.5. The fourth-order valence-electron chi connectivity index (χ4n) is 5.57. The predicted octanol–water partition coefficient (Wildman–Crippen LogP) is 6.77. The monoisotopic (exact) mass is 643 g/mol. The summed E-state index contributed by atoms with van der Waals surface area (Å²) in [7, 11) is -3.73. The molecule has 0 atom stereocenters. The van der Waals surface area contributed by atoms with Crippen LogP contribution in [0.15, 0.2) is 78.1 Å². The van der Waals surface area contributed by atoms with Gasteiger partial charge in [0, 0.05) is 36.5 Å². The highest BCUT2D eigenvalue weighted by atomic mass is 32.2. The number of carbonyl (C=O) groups is 1. The average molecular weight is 644 g/mol. The summed E-state index contributed by atoms with van der Waals surface area (Å²) >= 11 is 1.26. The predicted molar refractivity (Wildman–Crippen MR) is 179 cm³/mol. The largest absolute Gasteiger partial charge is 0.324 e. The minimum atomic E-state index is -3.73. The van der Waals surface area contributed by atoms with Gasteiger partial charge in [-0.05, 0) is 73.5 Å². The van der Waals surface area contributed by atoms with E-state index in [1.54, 1.807) is 16.9 Å². The Hall–Kier alpha value is -4.13. The van der Waals surface area contributed by atoms with Crippen LogP contribution in [0.5, 0.6) is 0 Å². The van der Waals surface area contributed by atoms with Gasteiger partial charge >= 0.3 is 6.03 Å². The molecular formula is C33H37N7O3S2. The summed E-state index contributed by atoms with van der Waals surface area (Å²) in [5, 5.41) is 11.5. The molecule has 12 heteroatoms. The number of nitrogens with zero attached hydrogens (tertiary/aromatic N) is 5. The number of piperidine rings is 1. The lowest BCUT2D eigenvalue weighted by Gasteiger charge is -2.31. The van der Waals surface area contributed by atoms with Crippen molar-refractivity contribution in [3.05, 3.63) is 89.9 Å². The van der Waals surface area contributed by atoms with Crippen LogP contribution >= 0.6 is 11.5 Å². The number of aromatic nitrogens is 4. The summed E-state index contributed by atoms with van der Waals surface area (Å²) in [6.07, 6.45) is 5.25. The summed E-state index contributed by atoms with van der Waals surface area (Å²) in [5.74, 6) is 0.849. The number of rotatable bonds is 7. The third-order valence-electron chi connectivity index (χ3n) is 8.18. The first kappa shape index (κ1) is 30.9. The van der Waals surface area contributed by atoms with Gasteiger partial charge in [-0.3, -0.25) is 5.32 Å². The summed E-state index contributed by atoms with van der Waals surface area (Å²) < 4.78 is 35.2. The second kappa shape index (κ2) is 12.3. The molecule has 2 amide bonds. The van der Waals surface area contributed by atoms with Crippen LogP contribution in [0.3, 0.4) is 0 Å². The van der Waals surface area contributed by atoms with Crippen LogP contribution < -0.4 is 10.6 Å². The smallest absolute Gasteiger partial charge is 0.307 e. The standard InChI is InChI=1S/C33H37N7O3S2/c1-22-9-11-25(12-10-22)40-30(20-29(38-40)33(2,3)4)37-32(41)36-27-8-6-5-7-24(27)19-23-14-17-39(18-15-23)45(42,43)31-26-21-35-44-28(26)13-16-34-31/h5-13,16,20-21,23H,14-15,17-19H2,1-4H3,(H2,36,37,41). The third kappa shape index (κ3) is 6.63. The van der Waals surface area contributed by atoms with Crippen LogP contribution in [0.1, 0.15) is 50.4 Å². The van der Waals surface area contributed by atoms with Gasteiger partial charge in [0.1, 0.15) is 5.82 Å². The van der Waals surface area contributed by atoms with Crippen LogP contribution in [0, 0.1) is 12.8 Å². The molecule has 1 aliphatic rings. The van der Waals surface area contributed by atoms with Crippen LogP contribution in [0.25, 0.3) is 15.8 Å². The Labute approximate surface area is 267 Å². The van der Waals surface area contributed by atoms with E-state index in [0.717, 1.165) is 39.3 Å². The molecule has 0 unspecified atom stereocenters. The number of aryl methyl sites for hydroxylation is 1. The lowest BCUT2D eigenvalue weighted by atomic mass is 9.90. The molecule has 4 heterocycles. The second-order valence-electron chi connectivity index (χ2n) is 12.6. The molecule has 2 N–H and O–H groups in total. The zero-order chi connectivity index (χ0) is 31.8. The van der Waals surface area contributed by atoms with Gasteiger partial charge < -0.3 is 5.32 Å². The topological polar surface area (TPSA) is 122 Å². The number of benzene rings is 2. The second-order valence-corrected chi connectivity index (χ2v) is 15.2. The number of anilines is 2. The van der Waals surface area contributed by atoms with Crippen molar-refractivity contribution >= 4 is 49.2 Å². The molecule has 1 saturated heterocycles. The number of hydrogen-bond donors (Lipinski definition) is 2. The molecule has 45 heavy (non-hydrogen) atoms. The highest BCUT2D eigenvalue weighted by Crippen LogP contribution is 2.31. The van der Waals surface area contributed by atoms with Crippen LogP contribution in [0.4, 0.5) is 16.3 Å². The molecule has 1 aliphatic heterocycles. The normalized spacial score (nSPS) is 14.9. The Morgan fingerprint density at radius 1 is 1.02 bits per heavy atom. The van der Waals surface area contributed by atoms with E-state index in [4.69, 9.17) is 5.10 Å². The Kier molecular flexibility index (Phi) is 8.47. The number of amides is 2. The Balaban J connectivity index is 1.13. The van der Waals surface area contributed by atoms with Crippen molar-refractivity contribution in [2.24, 2.45) is 5.92 Å². The first-order valence-electron chi connectivity index (χ1n) is 15.0. The number of nitrogens with one attached hydrogen (secondary N) is 2. The number of sulfonamides is 1. The number of urea groups is 1. The molecule has 234 valence electrons. The van der Waals surface area contributed by atoms with Crippen molar-refractivity contribution in [2.75, 3.05) is 23.7 Å². The Morgan fingerprint density at radius 2 is 1.76 bits per heavy atom. The van der Waals surface area contributed by atoms with Crippen molar-refractivity contribution in [1.29, 1.82) is 0 Å². The fourth-order valence-corrected chi connectivity index (χ4v) is 7.85. The third-order valence-corrected chi connectivity index (χ3v) is 10.8. The molecule has 0 spiro atoms. The summed E-state index contributed by atoms with van der Waals surface area (Å²) in [6.45, 7) is 9.13. The van der Waals surface area contributed by atoms with E-state index in [2.05, 4.69) is 40.8 Å². The molecule has 0 radical (unpaired) electrons. The number of hydrogen-bond acceptors (Lipinski definition) is 7. The van der Waals surface area contributed by atoms with Gasteiger partial charge in [0.15, 0.2) is 5.03 Å². The van der Waals surface area contributed by atoms with E-state index < -0.39 is 10.0 Å². The molecule has 0 aliphatic carbocycles. The molecule has 6 rings (SSSR count). The van der Waals surface area contributed by atoms with Gasteiger partial charge in [0.25, 0.3) is 10.0 Å². The molecule has 5 aromatic rings. The lowest BCUT2D eigenvalue weighted by molar-refractivity contribution is 0.261. The average Bonchev–Trinajstić information content (AvgIpc) is 3.66. The minimum absolute atomic E-state index is 0.0751. The van der Waals surface area contributed by atoms with E-state index in [1.165, 1.54) is 22.0 Å². The van der Waals surface area contributed by atoms with E-state index in [9.17, 15) is 13.2 Å². The maximum Gasteiger partial charge on any atom is 0.324 e. The van der Waals surface area contributed by atoms with Gasteiger partial charge in [-0.1, -0.05) is 56.7 Å². The number of carbonyl (C=O) groups excluding carboxylic acids is 1. The summed E-state index contributed by atoms with van der Waals surface area (Å²) in [6, 6.07) is 19.1. The highest BCUT2D eigenvalue weighted by molar-refractivity contribution is 7.89. The summed E-state index contributed by atoms with van der Waals surface area (Å²) in [4.78, 5) is 17.5. The minimum Gasteiger partial charge on any atom is -0.307 e. The van der Waals surface area contributed by atoms with Gasteiger partial charge in [0.2, 0.25) is 0 Å². The summed E-state index contributed by atoms with van der Waals surface area (Å²) in [5.41, 5.74) is 4.40. The van der Waals surface area contributed by atoms with E-state index in [-0.39, 0.29) is 22.4 Å². The molecule has 1 fully saturated rings. The first-order valence-corrected chi connectivity index (χ1v) is 17.2. The van der Waals surface area contributed by atoms with Crippen molar-refractivity contribution < 1.29 is 13.2 Å². The van der Waals surface area contributed by atoms with E-state index >= 15 is 0 Å². The van der Waals surface area contributed by atoms with Gasteiger partial charge in [-0.2, -0.15) is 13.8 Å². The van der Waals surface area contributed by atoms with Crippen molar-refractivity contribution in [3.63, 3.8) is 0 Å². The number of pyridine rings is 1. The van der Waals surface area contributed by atoms with E-state index in [0.29, 0.717) is 37.1 Å². The van der Waals surface area contributed by atoms with Gasteiger partial charge in [-0.25, -0.2) is 22.9 Å². The molecule has 2 aromatic carbocycles. The van der Waals surface area contributed by atoms with Gasteiger partial charge in [-0.15, -0.1) is 0 Å². The number of para-hydroxylation sites is 1.